The number of ether oxygens (including phenoxy) is 2. The highest BCUT2D eigenvalue weighted by Gasteiger charge is 2.37. The van der Waals surface area contributed by atoms with Gasteiger partial charge in [-0.25, -0.2) is 13.4 Å². The summed E-state index contributed by atoms with van der Waals surface area (Å²) in [5.74, 6) is 0.149. The number of nitrogens with zero attached hydrogens (tertiary/aromatic N) is 3. The standard InChI is InChI=1S/C34H50N4O7S/c1-5-26(4)19-34(41)38(35-33(40)24-36-15-9-10-16-36)29(20-27-11-7-6-8-12-27)30(39)23-37(22-25(2)3)46(42,43)28-13-14-31-32(21-28)45-18-17-44-31/h6-8,11-14,21,25-26,29-30,39H,5,9-10,15-20,22-24H2,1-4H3,(H,35,40)/t26-,29-,30+/m0/s1. The van der Waals surface area contributed by atoms with Gasteiger partial charge in [-0.2, -0.15) is 4.31 Å². The largest absolute Gasteiger partial charge is 0.486 e. The Bertz CT molecular complexity index is 1400. The summed E-state index contributed by atoms with van der Waals surface area (Å²) in [5.41, 5.74) is 3.68. The van der Waals surface area contributed by atoms with Crippen LogP contribution in [0.5, 0.6) is 11.5 Å². The van der Waals surface area contributed by atoms with Gasteiger partial charge < -0.3 is 14.6 Å². The van der Waals surface area contributed by atoms with Gasteiger partial charge in [0.1, 0.15) is 13.2 Å². The van der Waals surface area contributed by atoms with Gasteiger partial charge in [0.15, 0.2) is 11.5 Å². The summed E-state index contributed by atoms with van der Waals surface area (Å²) in [7, 11) is -4.10. The van der Waals surface area contributed by atoms with Gasteiger partial charge in [0.05, 0.1) is 23.6 Å². The molecule has 0 bridgehead atoms. The zero-order chi connectivity index (χ0) is 33.3. The first-order chi connectivity index (χ1) is 22.0. The maximum Gasteiger partial charge on any atom is 0.252 e. The molecule has 1 saturated heterocycles. The minimum Gasteiger partial charge on any atom is -0.486 e. The molecule has 2 aliphatic heterocycles. The number of benzene rings is 2. The molecule has 0 aliphatic carbocycles. The van der Waals surface area contributed by atoms with Gasteiger partial charge in [-0.1, -0.05) is 64.4 Å². The maximum atomic E-state index is 14.1. The summed E-state index contributed by atoms with van der Waals surface area (Å²) >= 11 is 0. The molecule has 0 unspecified atom stereocenters. The zero-order valence-electron chi connectivity index (χ0n) is 27.6. The molecule has 12 heteroatoms. The van der Waals surface area contributed by atoms with Gasteiger partial charge >= 0.3 is 0 Å². The fourth-order valence-corrected chi connectivity index (χ4v) is 7.42. The third-order valence-electron chi connectivity index (χ3n) is 8.47. The molecule has 4 rings (SSSR count). The monoisotopic (exact) mass is 658 g/mol. The lowest BCUT2D eigenvalue weighted by molar-refractivity contribution is -0.149. The summed E-state index contributed by atoms with van der Waals surface area (Å²) in [6, 6.07) is 13.0. The van der Waals surface area contributed by atoms with Crippen LogP contribution < -0.4 is 14.9 Å². The van der Waals surface area contributed by atoms with Crippen molar-refractivity contribution in [3.05, 3.63) is 54.1 Å². The molecule has 3 atom stereocenters. The SMILES string of the molecule is CC[C@H](C)CC(=O)N(NC(=O)CN1CCCC1)[C@@H](Cc1ccccc1)[C@H](O)CN(CC(C)C)S(=O)(=O)c1ccc2c(c1)OCCO2. The number of carbonyl (C=O) groups excluding carboxylic acids is 2. The fraction of sp³-hybridized carbons (Fsp3) is 0.588. The van der Waals surface area contributed by atoms with E-state index in [4.69, 9.17) is 9.47 Å². The molecule has 2 aromatic rings. The van der Waals surface area contributed by atoms with Crippen LogP contribution in [0.15, 0.2) is 53.4 Å². The average Bonchev–Trinajstić information content (AvgIpc) is 3.55. The highest BCUT2D eigenvalue weighted by Crippen LogP contribution is 2.33. The minimum absolute atomic E-state index is 0.0211. The lowest BCUT2D eigenvalue weighted by atomic mass is 9.98. The Balaban J connectivity index is 1.67. The molecule has 254 valence electrons. The second kappa shape index (κ2) is 16.6. The van der Waals surface area contributed by atoms with Crippen molar-refractivity contribution < 1.29 is 32.6 Å². The second-order valence-corrected chi connectivity index (χ2v) is 14.8. The molecule has 0 aromatic heterocycles. The third kappa shape index (κ3) is 9.66. The van der Waals surface area contributed by atoms with Gasteiger partial charge in [0, 0.05) is 25.6 Å². The summed E-state index contributed by atoms with van der Waals surface area (Å²) in [5, 5.41) is 13.2. The number of likely N-dealkylation sites (tertiary alicyclic amines) is 1. The van der Waals surface area contributed by atoms with Gasteiger partial charge in [0.25, 0.3) is 5.91 Å². The lowest BCUT2D eigenvalue weighted by Gasteiger charge is -2.37. The lowest BCUT2D eigenvalue weighted by Crippen LogP contribution is -2.60. The molecular weight excluding hydrogens is 608 g/mol. The van der Waals surface area contributed by atoms with Crippen LogP contribution in [0.4, 0.5) is 0 Å². The second-order valence-electron chi connectivity index (χ2n) is 12.8. The summed E-state index contributed by atoms with van der Waals surface area (Å²) in [4.78, 5) is 29.3. The van der Waals surface area contributed by atoms with E-state index in [0.717, 1.165) is 37.9 Å². The molecular formula is C34H50N4O7S. The number of hydrogen-bond donors (Lipinski definition) is 2. The van der Waals surface area contributed by atoms with Gasteiger partial charge in [-0.15, -0.1) is 0 Å². The number of nitrogens with one attached hydrogen (secondary N) is 1. The van der Waals surface area contributed by atoms with E-state index in [9.17, 15) is 23.1 Å². The van der Waals surface area contributed by atoms with Crippen molar-refractivity contribution in [3.63, 3.8) is 0 Å². The number of sulfonamides is 1. The zero-order valence-corrected chi connectivity index (χ0v) is 28.4. The number of amides is 2. The van der Waals surface area contributed by atoms with Gasteiger partial charge in [0.2, 0.25) is 15.9 Å². The van der Waals surface area contributed by atoms with E-state index < -0.39 is 22.2 Å². The number of fused-ring (bicyclic) bond motifs is 1. The van der Waals surface area contributed by atoms with Gasteiger partial charge in [-0.05, 0) is 61.9 Å². The number of hydrogen-bond acceptors (Lipinski definition) is 8. The van der Waals surface area contributed by atoms with Crippen molar-refractivity contribution in [2.45, 2.75) is 76.8 Å². The summed E-state index contributed by atoms with van der Waals surface area (Å²) in [6.07, 6.45) is 1.84. The van der Waals surface area contributed by atoms with Crippen LogP contribution in [-0.2, 0) is 26.0 Å². The van der Waals surface area contributed by atoms with E-state index >= 15 is 0 Å². The van der Waals surface area contributed by atoms with E-state index in [1.54, 1.807) is 6.07 Å². The first-order valence-corrected chi connectivity index (χ1v) is 17.9. The first-order valence-electron chi connectivity index (χ1n) is 16.4. The molecule has 0 radical (unpaired) electrons. The van der Waals surface area contributed by atoms with Crippen LogP contribution in [0, 0.1) is 11.8 Å². The van der Waals surface area contributed by atoms with Crippen molar-refractivity contribution in [1.29, 1.82) is 0 Å². The number of hydrazine groups is 1. The van der Waals surface area contributed by atoms with Crippen molar-refractivity contribution in [3.8, 4) is 11.5 Å². The van der Waals surface area contributed by atoms with Gasteiger partial charge in [-0.3, -0.25) is 19.9 Å². The normalized spacial score (nSPS) is 17.1. The summed E-state index contributed by atoms with van der Waals surface area (Å²) in [6.45, 7) is 10.1. The van der Waals surface area contributed by atoms with Crippen molar-refractivity contribution in [1.82, 2.24) is 19.6 Å². The molecule has 2 amide bonds. The van der Waals surface area contributed by atoms with Crippen LogP contribution in [-0.4, -0.2) is 97.6 Å². The highest BCUT2D eigenvalue weighted by atomic mass is 32.2. The molecule has 46 heavy (non-hydrogen) atoms. The van der Waals surface area contributed by atoms with Crippen LogP contribution in [0.25, 0.3) is 0 Å². The number of aliphatic hydroxyl groups is 1. The molecule has 2 aromatic carbocycles. The Labute approximate surface area is 273 Å². The van der Waals surface area contributed by atoms with E-state index in [1.165, 1.54) is 21.4 Å². The number of carbonyl (C=O) groups is 2. The molecule has 2 heterocycles. The molecule has 11 nitrogen and oxygen atoms in total. The molecule has 2 N–H and O–H groups in total. The predicted molar refractivity (Wildman–Crippen MR) is 176 cm³/mol. The van der Waals surface area contributed by atoms with E-state index in [0.29, 0.717) is 24.7 Å². The maximum absolute atomic E-state index is 14.1. The Morgan fingerprint density at radius 2 is 1.65 bits per heavy atom. The number of aliphatic hydroxyl groups excluding tert-OH is 1. The highest BCUT2D eigenvalue weighted by molar-refractivity contribution is 7.89. The van der Waals surface area contributed by atoms with E-state index in [1.807, 2.05) is 62.9 Å². The molecule has 1 fully saturated rings. The Kier molecular flexibility index (Phi) is 12.9. The quantitative estimate of drug-likeness (QED) is 0.279. The van der Waals surface area contributed by atoms with E-state index in [-0.39, 0.29) is 61.0 Å². The predicted octanol–water partition coefficient (Wildman–Crippen LogP) is 3.47. The number of rotatable bonds is 15. The van der Waals surface area contributed by atoms with Crippen LogP contribution in [0.3, 0.4) is 0 Å². The fourth-order valence-electron chi connectivity index (χ4n) is 5.78. The van der Waals surface area contributed by atoms with Crippen LogP contribution in [0.1, 0.15) is 58.9 Å². The van der Waals surface area contributed by atoms with E-state index in [2.05, 4.69) is 5.43 Å². The smallest absolute Gasteiger partial charge is 0.252 e. The minimum atomic E-state index is -4.10. The topological polar surface area (TPSA) is 129 Å². The Morgan fingerprint density at radius 1 is 0.978 bits per heavy atom. The molecule has 2 aliphatic rings. The molecule has 0 spiro atoms. The van der Waals surface area contributed by atoms with Crippen LogP contribution in [0.2, 0.25) is 0 Å². The third-order valence-corrected chi connectivity index (χ3v) is 10.3. The van der Waals surface area contributed by atoms with Crippen molar-refractivity contribution in [2.75, 3.05) is 45.9 Å². The van der Waals surface area contributed by atoms with Crippen molar-refractivity contribution in [2.24, 2.45) is 11.8 Å². The van der Waals surface area contributed by atoms with Crippen LogP contribution >= 0.6 is 0 Å². The summed E-state index contributed by atoms with van der Waals surface area (Å²) < 4.78 is 40.7. The first kappa shape index (κ1) is 35.7. The average molecular weight is 659 g/mol. The molecule has 0 saturated carbocycles. The van der Waals surface area contributed by atoms with Crippen molar-refractivity contribution >= 4 is 21.8 Å². The Hall–Kier alpha value is -3.19. The Morgan fingerprint density at radius 3 is 2.30 bits per heavy atom.